The first-order valence-electron chi connectivity index (χ1n) is 4.64. The molecule has 0 aromatic heterocycles. The molecule has 1 heterocycles. The van der Waals surface area contributed by atoms with E-state index in [-0.39, 0.29) is 6.10 Å². The van der Waals surface area contributed by atoms with Gasteiger partial charge in [-0.15, -0.1) is 0 Å². The van der Waals surface area contributed by atoms with Crippen LogP contribution in [0.4, 0.5) is 13.6 Å². The maximum Gasteiger partial charge on any atom is 0.407 e. The average Bonchev–Trinajstić information content (AvgIpc) is 2.65. The van der Waals surface area contributed by atoms with E-state index in [1.807, 2.05) is 0 Å². The zero-order valence-electron chi connectivity index (χ0n) is 8.15. The van der Waals surface area contributed by atoms with Crippen LogP contribution < -0.4 is 5.32 Å². The fourth-order valence-electron chi connectivity index (χ4n) is 1.44. The highest BCUT2D eigenvalue weighted by Crippen LogP contribution is 2.27. The van der Waals surface area contributed by atoms with Crippen LogP contribution in [0.2, 0.25) is 0 Å². The summed E-state index contributed by atoms with van der Waals surface area (Å²) in [5.74, 6) is -2.42. The molecule has 0 spiro atoms. The van der Waals surface area contributed by atoms with E-state index in [2.05, 4.69) is 5.32 Å². The lowest BCUT2D eigenvalue weighted by molar-refractivity contribution is 0.141. The van der Waals surface area contributed by atoms with Crippen molar-refractivity contribution >= 4 is 17.9 Å². The largest absolute Gasteiger partial charge is 0.439 e. The summed E-state index contributed by atoms with van der Waals surface area (Å²) in [4.78, 5) is 11.3. The number of rotatable bonds is 3. The van der Waals surface area contributed by atoms with Crippen LogP contribution in [-0.2, 0) is 4.74 Å². The summed E-state index contributed by atoms with van der Waals surface area (Å²) in [6.07, 6.45) is -0.769. The molecule has 0 saturated carbocycles. The van der Waals surface area contributed by atoms with Gasteiger partial charge in [0.05, 0.1) is 6.54 Å². The molecule has 1 atom stereocenters. The number of hydrogen-bond acceptors (Lipinski definition) is 3. The minimum Gasteiger partial charge on any atom is -0.439 e. The summed E-state index contributed by atoms with van der Waals surface area (Å²) in [6, 6.07) is 6.57. The Labute approximate surface area is 95.2 Å². The number of nitrogens with one attached hydrogen (secondary N) is 1. The van der Waals surface area contributed by atoms with Crippen molar-refractivity contribution in [3.05, 3.63) is 29.8 Å². The van der Waals surface area contributed by atoms with Gasteiger partial charge < -0.3 is 10.1 Å². The first kappa shape index (κ1) is 11.2. The van der Waals surface area contributed by atoms with Gasteiger partial charge in [-0.05, 0) is 17.7 Å². The number of alkyl carbamates (subject to hydrolysis) is 1. The van der Waals surface area contributed by atoms with Gasteiger partial charge in [-0.1, -0.05) is 23.9 Å². The second-order valence-electron chi connectivity index (χ2n) is 3.22. The quantitative estimate of drug-likeness (QED) is 0.832. The Kier molecular flexibility index (Phi) is 3.28. The van der Waals surface area contributed by atoms with Crippen LogP contribution >= 0.6 is 11.8 Å². The third kappa shape index (κ3) is 2.63. The molecule has 86 valence electrons. The number of carbonyl (C=O) groups excluding carboxylic acids is 1. The minimum atomic E-state index is -2.42. The number of halogens is 2. The third-order valence-electron chi connectivity index (χ3n) is 2.16. The number of carbonyl (C=O) groups is 1. The van der Waals surface area contributed by atoms with E-state index in [0.717, 1.165) is 5.56 Å². The molecule has 0 aliphatic carbocycles. The Balaban J connectivity index is 2.04. The molecule has 0 bridgehead atoms. The van der Waals surface area contributed by atoms with E-state index in [1.54, 1.807) is 24.3 Å². The Hall–Kier alpha value is -1.30. The van der Waals surface area contributed by atoms with E-state index >= 15 is 0 Å². The van der Waals surface area contributed by atoms with Crippen molar-refractivity contribution in [2.24, 2.45) is 0 Å². The van der Waals surface area contributed by atoms with Gasteiger partial charge in [0.15, 0.2) is 0 Å². The van der Waals surface area contributed by atoms with E-state index in [9.17, 15) is 13.6 Å². The third-order valence-corrected chi connectivity index (χ3v) is 2.88. The molecule has 1 aromatic rings. The van der Waals surface area contributed by atoms with E-state index in [1.165, 1.54) is 0 Å². The minimum absolute atomic E-state index is 0.321. The second-order valence-corrected chi connectivity index (χ2v) is 4.29. The fourth-order valence-corrected chi connectivity index (χ4v) is 1.94. The van der Waals surface area contributed by atoms with Gasteiger partial charge in [0.2, 0.25) is 0 Å². The van der Waals surface area contributed by atoms with Crippen LogP contribution in [0.1, 0.15) is 11.7 Å². The van der Waals surface area contributed by atoms with Crippen molar-refractivity contribution < 1.29 is 18.3 Å². The Morgan fingerprint density at radius 1 is 1.38 bits per heavy atom. The summed E-state index contributed by atoms with van der Waals surface area (Å²) in [5.41, 5.74) is 0.803. The highest BCUT2D eigenvalue weighted by atomic mass is 32.2. The van der Waals surface area contributed by atoms with Gasteiger partial charge in [0.1, 0.15) is 6.10 Å². The smallest absolute Gasteiger partial charge is 0.407 e. The zero-order valence-corrected chi connectivity index (χ0v) is 8.97. The van der Waals surface area contributed by atoms with Crippen LogP contribution in [0.25, 0.3) is 0 Å². The zero-order chi connectivity index (χ0) is 11.5. The number of thioether (sulfide) groups is 1. The van der Waals surface area contributed by atoms with Gasteiger partial charge in [-0.2, -0.15) is 8.78 Å². The molecule has 1 unspecified atom stereocenters. The Morgan fingerprint density at radius 3 is 2.56 bits per heavy atom. The molecule has 3 nitrogen and oxygen atoms in total. The Bertz CT molecular complexity index is 383. The summed E-state index contributed by atoms with van der Waals surface area (Å²) < 4.78 is 29.1. The van der Waals surface area contributed by atoms with E-state index in [0.29, 0.717) is 23.2 Å². The molecule has 2 rings (SSSR count). The highest BCUT2D eigenvalue weighted by Gasteiger charge is 2.23. The van der Waals surface area contributed by atoms with Crippen LogP contribution in [0.5, 0.6) is 0 Å². The first-order chi connectivity index (χ1) is 7.65. The van der Waals surface area contributed by atoms with Crippen LogP contribution in [-0.4, -0.2) is 18.4 Å². The molecule has 0 radical (unpaired) electrons. The lowest BCUT2D eigenvalue weighted by atomic mass is 10.1. The van der Waals surface area contributed by atoms with Crippen molar-refractivity contribution in [1.82, 2.24) is 5.32 Å². The van der Waals surface area contributed by atoms with Crippen LogP contribution in [0.15, 0.2) is 29.2 Å². The molecular weight excluding hydrogens is 236 g/mol. The molecule has 1 aromatic carbocycles. The molecule has 1 fully saturated rings. The standard InChI is InChI=1S/C10H9F2NO2S/c11-9(12)16-7-3-1-6(2-4-7)8-5-13-10(14)15-8/h1-4,8-9H,5H2,(H,13,14). The van der Waals surface area contributed by atoms with Crippen molar-refractivity contribution in [1.29, 1.82) is 0 Å². The summed E-state index contributed by atoms with van der Waals surface area (Å²) >= 11 is 0.494. The summed E-state index contributed by atoms with van der Waals surface area (Å²) in [6.45, 7) is 0.417. The summed E-state index contributed by atoms with van der Waals surface area (Å²) in [7, 11) is 0. The van der Waals surface area contributed by atoms with Crippen molar-refractivity contribution in [3.63, 3.8) is 0 Å². The molecule has 1 saturated heterocycles. The predicted molar refractivity (Wildman–Crippen MR) is 55.5 cm³/mol. The van der Waals surface area contributed by atoms with Gasteiger partial charge in [0.25, 0.3) is 5.76 Å². The van der Waals surface area contributed by atoms with E-state index < -0.39 is 11.9 Å². The van der Waals surface area contributed by atoms with Gasteiger partial charge in [0, 0.05) is 4.90 Å². The van der Waals surface area contributed by atoms with Crippen LogP contribution in [0, 0.1) is 0 Å². The normalized spacial score (nSPS) is 19.7. The topological polar surface area (TPSA) is 38.3 Å². The molecule has 6 heteroatoms. The lowest BCUT2D eigenvalue weighted by Gasteiger charge is -2.08. The maximum atomic E-state index is 12.1. The van der Waals surface area contributed by atoms with Crippen molar-refractivity contribution in [2.75, 3.05) is 6.54 Å². The molecule has 1 amide bonds. The fraction of sp³-hybridized carbons (Fsp3) is 0.300. The van der Waals surface area contributed by atoms with Crippen molar-refractivity contribution in [2.45, 2.75) is 16.8 Å². The number of benzene rings is 1. The number of amides is 1. The molecule has 1 N–H and O–H groups in total. The number of hydrogen-bond donors (Lipinski definition) is 1. The SMILES string of the molecule is O=C1NCC(c2ccc(SC(F)F)cc2)O1. The molecule has 16 heavy (non-hydrogen) atoms. The second kappa shape index (κ2) is 4.69. The maximum absolute atomic E-state index is 12.1. The first-order valence-corrected chi connectivity index (χ1v) is 5.52. The Morgan fingerprint density at radius 2 is 2.06 bits per heavy atom. The molecular formula is C10H9F2NO2S. The van der Waals surface area contributed by atoms with Crippen molar-refractivity contribution in [3.8, 4) is 0 Å². The number of ether oxygens (including phenoxy) is 1. The number of cyclic esters (lactones) is 1. The summed E-state index contributed by atoms with van der Waals surface area (Å²) in [5, 5.41) is 2.53. The highest BCUT2D eigenvalue weighted by molar-refractivity contribution is 7.99. The van der Waals surface area contributed by atoms with Gasteiger partial charge in [-0.3, -0.25) is 0 Å². The van der Waals surface area contributed by atoms with Gasteiger partial charge >= 0.3 is 6.09 Å². The molecule has 1 aliphatic rings. The average molecular weight is 245 g/mol. The predicted octanol–water partition coefficient (Wildman–Crippen LogP) is 2.78. The van der Waals surface area contributed by atoms with Crippen LogP contribution in [0.3, 0.4) is 0 Å². The van der Waals surface area contributed by atoms with E-state index in [4.69, 9.17) is 4.74 Å². The molecule has 1 aliphatic heterocycles. The van der Waals surface area contributed by atoms with Gasteiger partial charge in [-0.25, -0.2) is 4.79 Å². The monoisotopic (exact) mass is 245 g/mol. The lowest BCUT2D eigenvalue weighted by Crippen LogP contribution is -2.12. The number of alkyl halides is 2.